The highest BCUT2D eigenvalue weighted by molar-refractivity contribution is 7.90. The Morgan fingerprint density at radius 3 is 2.43 bits per heavy atom. The second-order valence-electron chi connectivity index (χ2n) is 5.44. The summed E-state index contributed by atoms with van der Waals surface area (Å²) in [5.74, 6) is -0.764. The van der Waals surface area contributed by atoms with Gasteiger partial charge in [0.2, 0.25) is 0 Å². The van der Waals surface area contributed by atoms with E-state index in [9.17, 15) is 21.6 Å². The summed E-state index contributed by atoms with van der Waals surface area (Å²) in [4.78, 5) is 0. The molecule has 0 aliphatic heterocycles. The molecule has 120 valence electrons. The van der Waals surface area contributed by atoms with Crippen LogP contribution in [0.5, 0.6) is 0 Å². The summed E-state index contributed by atoms with van der Waals surface area (Å²) in [5, 5.41) is 3.01. The number of hydrogen-bond acceptors (Lipinski definition) is 3. The van der Waals surface area contributed by atoms with Gasteiger partial charge in [-0.15, -0.1) is 0 Å². The number of aromatic nitrogens is 2. The average molecular weight is 345 g/mol. The lowest BCUT2D eigenvalue weighted by Crippen LogP contribution is -2.18. The summed E-state index contributed by atoms with van der Waals surface area (Å²) in [5.41, 5.74) is -1.67. The summed E-state index contributed by atoms with van der Waals surface area (Å²) in [6.07, 6.45) is -1.15. The van der Waals surface area contributed by atoms with Crippen molar-refractivity contribution in [2.75, 3.05) is 5.75 Å². The van der Waals surface area contributed by atoms with Crippen molar-refractivity contribution in [1.82, 2.24) is 9.78 Å². The number of alkyl halides is 3. The van der Waals surface area contributed by atoms with E-state index in [2.05, 4.69) is 5.10 Å². The van der Waals surface area contributed by atoms with E-state index in [1.165, 1.54) is 7.05 Å². The maximum atomic E-state index is 12.9. The van der Waals surface area contributed by atoms with Crippen LogP contribution < -0.4 is 0 Å². The second-order valence-corrected chi connectivity index (χ2v) is 7.91. The minimum absolute atomic E-state index is 0.0415. The first-order chi connectivity index (χ1) is 9.60. The Labute approximate surface area is 126 Å². The lowest BCUT2D eigenvalue weighted by Gasteiger charge is -2.11. The van der Waals surface area contributed by atoms with Gasteiger partial charge in [-0.05, 0) is 18.8 Å². The summed E-state index contributed by atoms with van der Waals surface area (Å²) in [7, 11) is -2.39. The first-order valence-electron chi connectivity index (χ1n) is 6.59. The molecule has 1 heterocycles. The molecule has 9 heteroatoms. The topological polar surface area (TPSA) is 52.0 Å². The predicted octanol–water partition coefficient (Wildman–Crippen LogP) is 3.20. The fourth-order valence-electron chi connectivity index (χ4n) is 2.72. The molecule has 0 aromatic carbocycles. The Hall–Kier alpha value is -0.760. The summed E-state index contributed by atoms with van der Waals surface area (Å²) >= 11 is 5.78. The van der Waals surface area contributed by atoms with E-state index in [1.54, 1.807) is 0 Å². The van der Waals surface area contributed by atoms with Crippen LogP contribution in [0, 0.1) is 5.92 Å². The maximum Gasteiger partial charge on any atom is 0.435 e. The minimum Gasteiger partial charge on any atom is -0.256 e. The van der Waals surface area contributed by atoms with Crippen molar-refractivity contribution >= 4 is 21.4 Å². The van der Waals surface area contributed by atoms with Gasteiger partial charge in [0.1, 0.15) is 5.15 Å². The molecule has 1 saturated carbocycles. The molecule has 2 rings (SSSR count). The lowest BCUT2D eigenvalue weighted by atomic mass is 10.1. The van der Waals surface area contributed by atoms with Crippen molar-refractivity contribution in [2.24, 2.45) is 13.0 Å². The molecule has 1 aliphatic carbocycles. The Morgan fingerprint density at radius 2 is 1.90 bits per heavy atom. The van der Waals surface area contributed by atoms with Crippen molar-refractivity contribution in [3.8, 4) is 0 Å². The number of nitrogens with zero attached hydrogens (tertiary/aromatic N) is 2. The van der Waals surface area contributed by atoms with Gasteiger partial charge in [-0.2, -0.15) is 18.3 Å². The van der Waals surface area contributed by atoms with Gasteiger partial charge < -0.3 is 0 Å². The average Bonchev–Trinajstić information content (AvgIpc) is 2.91. The molecule has 0 radical (unpaired) electrons. The van der Waals surface area contributed by atoms with E-state index in [-0.39, 0.29) is 16.8 Å². The number of halogens is 4. The summed E-state index contributed by atoms with van der Waals surface area (Å²) < 4.78 is 63.8. The largest absolute Gasteiger partial charge is 0.435 e. The molecule has 21 heavy (non-hydrogen) atoms. The Kier molecular flexibility index (Phi) is 4.58. The molecule has 0 amide bonds. The fourth-order valence-corrected chi connectivity index (χ4v) is 4.87. The quantitative estimate of drug-likeness (QED) is 0.842. The normalized spacial score (nSPS) is 17.6. The van der Waals surface area contributed by atoms with Gasteiger partial charge >= 0.3 is 6.18 Å². The molecule has 1 aromatic rings. The van der Waals surface area contributed by atoms with E-state index in [0.717, 1.165) is 30.4 Å². The van der Waals surface area contributed by atoms with E-state index >= 15 is 0 Å². The molecular weight excluding hydrogens is 329 g/mol. The third-order valence-corrected chi connectivity index (χ3v) is 5.85. The van der Waals surface area contributed by atoms with Crippen LogP contribution in [-0.4, -0.2) is 24.0 Å². The molecule has 4 nitrogen and oxygen atoms in total. The van der Waals surface area contributed by atoms with Gasteiger partial charge in [0.25, 0.3) is 0 Å². The highest BCUT2D eigenvalue weighted by Gasteiger charge is 2.40. The van der Waals surface area contributed by atoms with Gasteiger partial charge in [-0.1, -0.05) is 24.4 Å². The van der Waals surface area contributed by atoms with Crippen molar-refractivity contribution in [1.29, 1.82) is 0 Å². The Morgan fingerprint density at radius 1 is 1.33 bits per heavy atom. The molecule has 0 bridgehead atoms. The number of aryl methyl sites for hydroxylation is 1. The lowest BCUT2D eigenvalue weighted by molar-refractivity contribution is -0.141. The van der Waals surface area contributed by atoms with Crippen LogP contribution in [0.15, 0.2) is 0 Å². The zero-order valence-electron chi connectivity index (χ0n) is 11.5. The standard InChI is InChI=1S/C12H16ClF3N2O2S/c1-18-11(13)9(10(17-18)12(14,15)16)7-21(19,20)6-8-4-2-3-5-8/h8H,2-7H2,1H3. The number of hydrogen-bond donors (Lipinski definition) is 0. The van der Waals surface area contributed by atoms with Gasteiger partial charge in [0.05, 0.1) is 11.5 Å². The van der Waals surface area contributed by atoms with Crippen LogP contribution >= 0.6 is 11.6 Å². The third kappa shape index (κ3) is 3.91. The highest BCUT2D eigenvalue weighted by Crippen LogP contribution is 2.36. The van der Waals surface area contributed by atoms with Crippen LogP contribution in [0.3, 0.4) is 0 Å². The number of rotatable bonds is 4. The van der Waals surface area contributed by atoms with Crippen LogP contribution in [0.1, 0.15) is 36.9 Å². The summed E-state index contributed by atoms with van der Waals surface area (Å²) in [6.45, 7) is 0. The fraction of sp³-hybridized carbons (Fsp3) is 0.750. The molecule has 1 aliphatic rings. The van der Waals surface area contributed by atoms with Crippen LogP contribution in [0.4, 0.5) is 13.2 Å². The molecule has 1 fully saturated rings. The molecule has 0 atom stereocenters. The Balaban J connectivity index is 2.26. The van der Waals surface area contributed by atoms with Gasteiger partial charge in [-0.3, -0.25) is 4.68 Å². The maximum absolute atomic E-state index is 12.9. The first kappa shape index (κ1) is 16.6. The van der Waals surface area contributed by atoms with E-state index < -0.39 is 33.0 Å². The van der Waals surface area contributed by atoms with Gasteiger partial charge in [0, 0.05) is 12.6 Å². The molecule has 1 aromatic heterocycles. The second kappa shape index (κ2) is 5.79. The van der Waals surface area contributed by atoms with E-state index in [1.807, 2.05) is 0 Å². The van der Waals surface area contributed by atoms with Crippen molar-refractivity contribution in [3.63, 3.8) is 0 Å². The van der Waals surface area contributed by atoms with Crippen LogP contribution in [-0.2, 0) is 28.8 Å². The molecule has 0 spiro atoms. The van der Waals surface area contributed by atoms with Crippen molar-refractivity contribution in [3.05, 3.63) is 16.4 Å². The summed E-state index contributed by atoms with van der Waals surface area (Å²) in [6, 6.07) is 0. The van der Waals surface area contributed by atoms with Crippen molar-refractivity contribution in [2.45, 2.75) is 37.6 Å². The molecule has 0 unspecified atom stereocenters. The zero-order chi connectivity index (χ0) is 15.8. The SMILES string of the molecule is Cn1nc(C(F)(F)F)c(CS(=O)(=O)CC2CCCC2)c1Cl. The van der Waals surface area contributed by atoms with Crippen LogP contribution in [0.25, 0.3) is 0 Å². The third-order valence-electron chi connectivity index (χ3n) is 3.67. The molecule has 0 saturated heterocycles. The predicted molar refractivity (Wildman–Crippen MR) is 72.7 cm³/mol. The van der Waals surface area contributed by atoms with E-state index in [0.29, 0.717) is 0 Å². The highest BCUT2D eigenvalue weighted by atomic mass is 35.5. The van der Waals surface area contributed by atoms with Gasteiger partial charge in [0.15, 0.2) is 15.5 Å². The minimum atomic E-state index is -4.72. The monoisotopic (exact) mass is 344 g/mol. The Bertz CT molecular complexity index is 619. The van der Waals surface area contributed by atoms with E-state index in [4.69, 9.17) is 11.6 Å². The van der Waals surface area contributed by atoms with Crippen molar-refractivity contribution < 1.29 is 21.6 Å². The zero-order valence-corrected chi connectivity index (χ0v) is 13.0. The molecule has 0 N–H and O–H groups in total. The first-order valence-corrected chi connectivity index (χ1v) is 8.79. The van der Waals surface area contributed by atoms with Crippen LogP contribution in [0.2, 0.25) is 5.15 Å². The number of sulfone groups is 1. The smallest absolute Gasteiger partial charge is 0.256 e. The van der Waals surface area contributed by atoms with Gasteiger partial charge in [-0.25, -0.2) is 8.42 Å². The molecular formula is C12H16ClF3N2O2S.